The number of carbonyl (C=O) groups excluding carboxylic acids is 1. The molecule has 0 radical (unpaired) electrons. The third-order valence-electron chi connectivity index (χ3n) is 3.29. The van der Waals surface area contributed by atoms with E-state index >= 15 is 0 Å². The Balaban J connectivity index is 1.97. The van der Waals surface area contributed by atoms with Crippen LogP contribution in [-0.4, -0.2) is 38.3 Å². The van der Waals surface area contributed by atoms with Gasteiger partial charge in [-0.05, 0) is 31.0 Å². The Morgan fingerprint density at radius 3 is 2.68 bits per heavy atom. The lowest BCUT2D eigenvalue weighted by atomic mass is 10.2. The monoisotopic (exact) mass is 282 g/mol. The van der Waals surface area contributed by atoms with Crippen LogP contribution in [0.25, 0.3) is 0 Å². The normalized spacial score (nSPS) is 19.7. The van der Waals surface area contributed by atoms with E-state index in [4.69, 9.17) is 4.74 Å². The number of nitrogens with one attached hydrogen (secondary N) is 1. The highest BCUT2D eigenvalue weighted by molar-refractivity contribution is 7.89. The molecule has 2 aliphatic rings. The van der Waals surface area contributed by atoms with Crippen LogP contribution < -0.4 is 10.1 Å². The van der Waals surface area contributed by atoms with Crippen molar-refractivity contribution >= 4 is 21.6 Å². The molecule has 1 fully saturated rings. The molecule has 2 aliphatic heterocycles. The summed E-state index contributed by atoms with van der Waals surface area (Å²) in [6, 6.07) is 4.56. The Hall–Kier alpha value is -1.60. The molecule has 2 heterocycles. The van der Waals surface area contributed by atoms with Crippen LogP contribution in [0.5, 0.6) is 5.75 Å². The number of benzene rings is 1. The molecule has 0 aromatic heterocycles. The fourth-order valence-electron chi connectivity index (χ4n) is 2.30. The second kappa shape index (κ2) is 4.50. The van der Waals surface area contributed by atoms with Crippen molar-refractivity contribution in [1.29, 1.82) is 0 Å². The average Bonchev–Trinajstić information content (AvgIpc) is 2.92. The fraction of sp³-hybridized carbons (Fsp3) is 0.417. The first-order valence-electron chi connectivity index (χ1n) is 6.14. The molecular formula is C12H14N2O4S. The Bertz CT molecular complexity index is 621. The number of rotatable bonds is 2. The Morgan fingerprint density at radius 2 is 1.95 bits per heavy atom. The summed E-state index contributed by atoms with van der Waals surface area (Å²) >= 11 is 0. The molecule has 0 atom stereocenters. The highest BCUT2D eigenvalue weighted by Crippen LogP contribution is 2.31. The van der Waals surface area contributed by atoms with Crippen molar-refractivity contribution < 1.29 is 17.9 Å². The van der Waals surface area contributed by atoms with E-state index in [-0.39, 0.29) is 17.4 Å². The molecule has 0 aliphatic carbocycles. The molecule has 0 bridgehead atoms. The van der Waals surface area contributed by atoms with Crippen molar-refractivity contribution in [2.75, 3.05) is 25.0 Å². The van der Waals surface area contributed by atoms with E-state index in [2.05, 4.69) is 5.32 Å². The van der Waals surface area contributed by atoms with Crippen molar-refractivity contribution in [2.24, 2.45) is 0 Å². The number of fused-ring (bicyclic) bond motifs is 1. The van der Waals surface area contributed by atoms with Crippen molar-refractivity contribution in [2.45, 2.75) is 17.7 Å². The van der Waals surface area contributed by atoms with E-state index in [1.54, 1.807) is 6.07 Å². The standard InChI is InChI=1S/C12H14N2O4S/c15-12-8-18-11-4-3-9(7-10(11)13-12)19(16,17)14-5-1-2-6-14/h3-4,7H,1-2,5-6,8H2,(H,13,15). The summed E-state index contributed by atoms with van der Waals surface area (Å²) in [6.07, 6.45) is 1.79. The van der Waals surface area contributed by atoms with Crippen LogP contribution in [0.15, 0.2) is 23.1 Å². The van der Waals surface area contributed by atoms with E-state index in [1.807, 2.05) is 0 Å². The highest BCUT2D eigenvalue weighted by atomic mass is 32.2. The number of hydrogen-bond acceptors (Lipinski definition) is 4. The second-order valence-corrected chi connectivity index (χ2v) is 6.54. The number of carbonyl (C=O) groups is 1. The topological polar surface area (TPSA) is 75.7 Å². The molecule has 3 rings (SSSR count). The lowest BCUT2D eigenvalue weighted by Crippen LogP contribution is -2.29. The van der Waals surface area contributed by atoms with Gasteiger partial charge in [-0.15, -0.1) is 0 Å². The summed E-state index contributed by atoms with van der Waals surface area (Å²) < 4.78 is 31.4. The van der Waals surface area contributed by atoms with Crippen LogP contribution >= 0.6 is 0 Å². The first-order chi connectivity index (χ1) is 9.07. The van der Waals surface area contributed by atoms with Gasteiger partial charge < -0.3 is 10.1 Å². The van der Waals surface area contributed by atoms with Gasteiger partial charge in [0.25, 0.3) is 5.91 Å². The number of sulfonamides is 1. The minimum Gasteiger partial charge on any atom is -0.482 e. The quantitative estimate of drug-likeness (QED) is 0.870. The fourth-order valence-corrected chi connectivity index (χ4v) is 3.84. The zero-order valence-electron chi connectivity index (χ0n) is 10.3. The Morgan fingerprint density at radius 1 is 1.21 bits per heavy atom. The molecule has 1 aromatic rings. The van der Waals surface area contributed by atoms with Crippen LogP contribution in [0.3, 0.4) is 0 Å². The lowest BCUT2D eigenvalue weighted by molar-refractivity contribution is -0.118. The summed E-state index contributed by atoms with van der Waals surface area (Å²) in [5.74, 6) is 0.225. The van der Waals surface area contributed by atoms with E-state index in [9.17, 15) is 13.2 Å². The predicted octanol–water partition coefficient (Wildman–Crippen LogP) is 0.802. The molecule has 1 saturated heterocycles. The van der Waals surface area contributed by atoms with E-state index < -0.39 is 10.0 Å². The summed E-state index contributed by atoms with van der Waals surface area (Å²) in [4.78, 5) is 11.4. The summed E-state index contributed by atoms with van der Waals surface area (Å²) in [7, 11) is -3.46. The lowest BCUT2D eigenvalue weighted by Gasteiger charge is -2.20. The van der Waals surface area contributed by atoms with Gasteiger partial charge in [0.1, 0.15) is 5.75 Å². The molecule has 0 saturated carbocycles. The molecule has 6 nitrogen and oxygen atoms in total. The number of amides is 1. The Kier molecular flexibility index (Phi) is 2.94. The zero-order chi connectivity index (χ0) is 13.5. The first kappa shape index (κ1) is 12.4. The van der Waals surface area contributed by atoms with E-state index in [0.29, 0.717) is 24.5 Å². The number of anilines is 1. The molecular weight excluding hydrogens is 268 g/mol. The molecule has 7 heteroatoms. The van der Waals surface area contributed by atoms with Gasteiger partial charge in [0.05, 0.1) is 10.6 Å². The first-order valence-corrected chi connectivity index (χ1v) is 7.58. The van der Waals surface area contributed by atoms with Gasteiger partial charge >= 0.3 is 0 Å². The number of nitrogens with zero attached hydrogens (tertiary/aromatic N) is 1. The van der Waals surface area contributed by atoms with Gasteiger partial charge in [-0.25, -0.2) is 8.42 Å². The van der Waals surface area contributed by atoms with E-state index in [0.717, 1.165) is 12.8 Å². The zero-order valence-corrected chi connectivity index (χ0v) is 11.1. The summed E-state index contributed by atoms with van der Waals surface area (Å²) in [6.45, 7) is 1.08. The smallest absolute Gasteiger partial charge is 0.262 e. The molecule has 1 aromatic carbocycles. The Labute approximate surface area is 111 Å². The van der Waals surface area contributed by atoms with Crippen molar-refractivity contribution in [1.82, 2.24) is 4.31 Å². The molecule has 19 heavy (non-hydrogen) atoms. The summed E-state index contributed by atoms with van der Waals surface area (Å²) in [5, 5.41) is 2.62. The van der Waals surface area contributed by atoms with Gasteiger partial charge in [-0.2, -0.15) is 4.31 Å². The minimum absolute atomic E-state index is 0.0365. The third-order valence-corrected chi connectivity index (χ3v) is 5.18. The molecule has 1 amide bonds. The SMILES string of the molecule is O=C1COc2ccc(S(=O)(=O)N3CCCC3)cc2N1. The van der Waals surface area contributed by atoms with Gasteiger partial charge in [0.15, 0.2) is 6.61 Å². The maximum atomic E-state index is 12.4. The average molecular weight is 282 g/mol. The molecule has 1 N–H and O–H groups in total. The van der Waals surface area contributed by atoms with Gasteiger partial charge in [0.2, 0.25) is 10.0 Å². The number of hydrogen-bond donors (Lipinski definition) is 1. The van der Waals surface area contributed by atoms with Crippen molar-refractivity contribution in [3.63, 3.8) is 0 Å². The van der Waals surface area contributed by atoms with Crippen LogP contribution in [0.4, 0.5) is 5.69 Å². The van der Waals surface area contributed by atoms with Gasteiger partial charge in [-0.1, -0.05) is 0 Å². The summed E-state index contributed by atoms with van der Waals surface area (Å²) in [5.41, 5.74) is 0.413. The van der Waals surface area contributed by atoms with E-state index in [1.165, 1.54) is 16.4 Å². The minimum atomic E-state index is -3.46. The molecule has 102 valence electrons. The van der Waals surface area contributed by atoms with Gasteiger partial charge in [0, 0.05) is 13.1 Å². The van der Waals surface area contributed by atoms with Crippen LogP contribution in [0, 0.1) is 0 Å². The second-order valence-electron chi connectivity index (χ2n) is 4.61. The predicted molar refractivity (Wildman–Crippen MR) is 68.6 cm³/mol. The highest BCUT2D eigenvalue weighted by Gasteiger charge is 2.28. The maximum absolute atomic E-state index is 12.4. The van der Waals surface area contributed by atoms with Crippen molar-refractivity contribution in [3.8, 4) is 5.75 Å². The van der Waals surface area contributed by atoms with Gasteiger partial charge in [-0.3, -0.25) is 4.79 Å². The largest absolute Gasteiger partial charge is 0.482 e. The van der Waals surface area contributed by atoms with Crippen LogP contribution in [-0.2, 0) is 14.8 Å². The molecule has 0 spiro atoms. The van der Waals surface area contributed by atoms with Crippen LogP contribution in [0.2, 0.25) is 0 Å². The maximum Gasteiger partial charge on any atom is 0.262 e. The number of ether oxygens (including phenoxy) is 1. The molecule has 0 unspecified atom stereocenters. The van der Waals surface area contributed by atoms with Crippen LogP contribution in [0.1, 0.15) is 12.8 Å². The third kappa shape index (κ3) is 2.19. The van der Waals surface area contributed by atoms with Crippen molar-refractivity contribution in [3.05, 3.63) is 18.2 Å².